The van der Waals surface area contributed by atoms with Crippen LogP contribution in [-0.2, 0) is 24.8 Å². The molecule has 0 bridgehead atoms. The van der Waals surface area contributed by atoms with Crippen LogP contribution in [0.1, 0.15) is 55.1 Å². The second-order valence-electron chi connectivity index (χ2n) is 8.34. The molecule has 0 radical (unpaired) electrons. The van der Waals surface area contributed by atoms with Crippen LogP contribution in [0, 0.1) is 11.8 Å². The predicted octanol–water partition coefficient (Wildman–Crippen LogP) is 3.81. The van der Waals surface area contributed by atoms with Gasteiger partial charge in [-0.25, -0.2) is 18.2 Å². The molecule has 2 saturated carbocycles. The average Bonchev–Trinajstić information content (AvgIpc) is 3.07. The molecule has 2 atom stereocenters. The molecular weight excluding hydrogens is 436 g/mol. The molecule has 166 valence electrons. The van der Waals surface area contributed by atoms with E-state index in [9.17, 15) is 18.0 Å². The first-order valence-corrected chi connectivity index (χ1v) is 13.3. The van der Waals surface area contributed by atoms with E-state index in [2.05, 4.69) is 10.3 Å². The molecule has 2 aliphatic carbocycles. The molecule has 2 aliphatic rings. The molecule has 1 N–H and O–H groups in total. The largest absolute Gasteiger partial charge is 0.461 e. The molecule has 2 fully saturated rings. The van der Waals surface area contributed by atoms with Crippen molar-refractivity contribution >= 4 is 38.2 Å². The number of carbonyl (C=O) groups is 2. The Labute approximate surface area is 186 Å². The van der Waals surface area contributed by atoms with Crippen LogP contribution in [0.25, 0.3) is 0 Å². The van der Waals surface area contributed by atoms with Crippen molar-refractivity contribution in [2.24, 2.45) is 11.8 Å². The zero-order chi connectivity index (χ0) is 22.2. The molecule has 1 heterocycles. The lowest BCUT2D eigenvalue weighted by molar-refractivity contribution is -0.119. The minimum atomic E-state index is -3.31. The molecule has 2 unspecified atom stereocenters. The standard InChI is InChI=1S/C22H26N2O5S2/c1-3-29-19(25)18-13-30-21(23-18)24-20(26)22(12-17(22)14-6-4-5-7-14)15-8-10-16(11-9-15)31(2,27)28/h8-11,13-14,17H,3-7,12H2,1-2H3,(H,23,24,26). The Balaban J connectivity index is 1.60. The van der Waals surface area contributed by atoms with Gasteiger partial charge in [-0.3, -0.25) is 4.79 Å². The molecule has 1 aromatic carbocycles. The number of carbonyl (C=O) groups excluding carboxylic acids is 2. The number of hydrogen-bond acceptors (Lipinski definition) is 7. The zero-order valence-corrected chi connectivity index (χ0v) is 19.2. The summed E-state index contributed by atoms with van der Waals surface area (Å²) in [5.41, 5.74) is 0.314. The number of rotatable bonds is 7. The minimum Gasteiger partial charge on any atom is -0.461 e. The highest BCUT2D eigenvalue weighted by atomic mass is 32.2. The molecule has 31 heavy (non-hydrogen) atoms. The first-order chi connectivity index (χ1) is 14.8. The van der Waals surface area contributed by atoms with Gasteiger partial charge in [0.15, 0.2) is 20.7 Å². The fourth-order valence-electron chi connectivity index (χ4n) is 4.78. The van der Waals surface area contributed by atoms with Crippen LogP contribution in [0.4, 0.5) is 5.13 Å². The summed E-state index contributed by atoms with van der Waals surface area (Å²) in [6.07, 6.45) is 6.50. The molecule has 0 aliphatic heterocycles. The van der Waals surface area contributed by atoms with E-state index >= 15 is 0 Å². The van der Waals surface area contributed by atoms with Gasteiger partial charge in [-0.2, -0.15) is 0 Å². The van der Waals surface area contributed by atoms with Crippen LogP contribution >= 0.6 is 11.3 Å². The van der Waals surface area contributed by atoms with Gasteiger partial charge in [0.1, 0.15) is 0 Å². The highest BCUT2D eigenvalue weighted by Gasteiger charge is 2.63. The summed E-state index contributed by atoms with van der Waals surface area (Å²) in [6, 6.07) is 6.67. The number of hydrogen-bond donors (Lipinski definition) is 1. The molecule has 7 nitrogen and oxygen atoms in total. The molecule has 1 aromatic heterocycles. The summed E-state index contributed by atoms with van der Waals surface area (Å²) >= 11 is 1.19. The predicted molar refractivity (Wildman–Crippen MR) is 118 cm³/mol. The van der Waals surface area contributed by atoms with E-state index in [0.29, 0.717) is 11.0 Å². The van der Waals surface area contributed by atoms with Crippen LogP contribution in [0.3, 0.4) is 0 Å². The lowest BCUT2D eigenvalue weighted by atomic mass is 9.87. The summed E-state index contributed by atoms with van der Waals surface area (Å²) in [6.45, 7) is 1.98. The van der Waals surface area contributed by atoms with Gasteiger partial charge in [0, 0.05) is 11.6 Å². The topological polar surface area (TPSA) is 102 Å². The van der Waals surface area contributed by atoms with Crippen molar-refractivity contribution in [3.05, 3.63) is 40.9 Å². The fourth-order valence-corrected chi connectivity index (χ4v) is 6.08. The van der Waals surface area contributed by atoms with E-state index in [1.165, 1.54) is 30.4 Å². The van der Waals surface area contributed by atoms with E-state index in [1.54, 1.807) is 36.6 Å². The number of thiazole rings is 1. The van der Waals surface area contributed by atoms with Crippen molar-refractivity contribution in [3.8, 4) is 0 Å². The highest BCUT2D eigenvalue weighted by molar-refractivity contribution is 7.90. The Morgan fingerprint density at radius 3 is 2.52 bits per heavy atom. The van der Waals surface area contributed by atoms with Gasteiger partial charge < -0.3 is 10.1 Å². The Morgan fingerprint density at radius 2 is 1.90 bits per heavy atom. The minimum absolute atomic E-state index is 0.152. The van der Waals surface area contributed by atoms with E-state index in [-0.39, 0.29) is 29.0 Å². The van der Waals surface area contributed by atoms with Crippen molar-refractivity contribution < 1.29 is 22.7 Å². The van der Waals surface area contributed by atoms with E-state index in [4.69, 9.17) is 4.74 Å². The van der Waals surface area contributed by atoms with Gasteiger partial charge >= 0.3 is 5.97 Å². The van der Waals surface area contributed by atoms with E-state index < -0.39 is 21.2 Å². The molecule has 0 saturated heterocycles. The number of esters is 1. The van der Waals surface area contributed by atoms with Crippen molar-refractivity contribution in [1.82, 2.24) is 4.98 Å². The third kappa shape index (κ3) is 4.25. The third-order valence-electron chi connectivity index (χ3n) is 6.40. The lowest BCUT2D eigenvalue weighted by Crippen LogP contribution is -2.31. The third-order valence-corrected chi connectivity index (χ3v) is 8.28. The summed E-state index contributed by atoms with van der Waals surface area (Å²) in [7, 11) is -3.31. The van der Waals surface area contributed by atoms with Gasteiger partial charge in [-0.1, -0.05) is 37.8 Å². The van der Waals surface area contributed by atoms with E-state index in [0.717, 1.165) is 24.8 Å². The second kappa shape index (κ2) is 8.35. The number of amides is 1. The van der Waals surface area contributed by atoms with Gasteiger partial charge in [0.2, 0.25) is 5.91 Å². The number of ether oxygens (including phenoxy) is 1. The molecule has 0 spiro atoms. The Hall–Kier alpha value is -2.26. The smallest absolute Gasteiger partial charge is 0.357 e. The number of nitrogens with one attached hydrogen (secondary N) is 1. The van der Waals surface area contributed by atoms with Gasteiger partial charge in [0.25, 0.3) is 0 Å². The maximum absolute atomic E-state index is 13.5. The number of anilines is 1. The molecule has 9 heteroatoms. The lowest BCUT2D eigenvalue weighted by Gasteiger charge is -2.20. The molecule has 2 aromatic rings. The van der Waals surface area contributed by atoms with Crippen molar-refractivity contribution in [1.29, 1.82) is 0 Å². The van der Waals surface area contributed by atoms with Crippen molar-refractivity contribution in [2.75, 3.05) is 18.2 Å². The average molecular weight is 463 g/mol. The van der Waals surface area contributed by atoms with E-state index in [1.807, 2.05) is 0 Å². The Kier molecular flexibility index (Phi) is 5.91. The maximum atomic E-state index is 13.5. The van der Waals surface area contributed by atoms with Gasteiger partial charge in [0.05, 0.1) is 16.9 Å². The summed E-state index contributed by atoms with van der Waals surface area (Å²) in [4.78, 5) is 29.8. The molecule has 4 rings (SSSR count). The summed E-state index contributed by atoms with van der Waals surface area (Å²) < 4.78 is 28.6. The number of nitrogens with zero attached hydrogens (tertiary/aromatic N) is 1. The Morgan fingerprint density at radius 1 is 1.23 bits per heavy atom. The second-order valence-corrected chi connectivity index (χ2v) is 11.2. The van der Waals surface area contributed by atoms with Crippen molar-refractivity contribution in [2.45, 2.75) is 49.3 Å². The fraction of sp³-hybridized carbons (Fsp3) is 0.500. The quantitative estimate of drug-likeness (QED) is 0.628. The Bertz CT molecular complexity index is 1090. The van der Waals surface area contributed by atoms with Gasteiger partial charge in [-0.15, -0.1) is 11.3 Å². The van der Waals surface area contributed by atoms with Crippen LogP contribution in [0.5, 0.6) is 0 Å². The van der Waals surface area contributed by atoms with Crippen LogP contribution in [0.2, 0.25) is 0 Å². The van der Waals surface area contributed by atoms with Gasteiger partial charge in [-0.05, 0) is 42.9 Å². The number of benzene rings is 1. The normalized spacial score (nSPS) is 23.5. The first-order valence-electron chi connectivity index (χ1n) is 10.5. The summed E-state index contributed by atoms with van der Waals surface area (Å²) in [5.74, 6) is 0.0529. The SMILES string of the molecule is CCOC(=O)c1csc(NC(=O)C2(c3ccc(S(C)(=O)=O)cc3)CC2C2CCCC2)n1. The molecule has 1 amide bonds. The summed E-state index contributed by atoms with van der Waals surface area (Å²) in [5, 5.41) is 4.83. The van der Waals surface area contributed by atoms with Crippen molar-refractivity contribution in [3.63, 3.8) is 0 Å². The first kappa shape index (κ1) is 22.0. The number of aromatic nitrogens is 1. The highest BCUT2D eigenvalue weighted by Crippen LogP contribution is 2.61. The number of sulfone groups is 1. The monoisotopic (exact) mass is 462 g/mol. The van der Waals surface area contributed by atoms with Crippen LogP contribution in [-0.4, -0.2) is 38.1 Å². The molecular formula is C22H26N2O5S2. The maximum Gasteiger partial charge on any atom is 0.357 e. The van der Waals surface area contributed by atoms with Crippen LogP contribution in [0.15, 0.2) is 34.5 Å². The van der Waals surface area contributed by atoms with Crippen LogP contribution < -0.4 is 5.32 Å². The zero-order valence-electron chi connectivity index (χ0n) is 17.6.